The summed E-state index contributed by atoms with van der Waals surface area (Å²) in [6.45, 7) is 0. The average Bonchev–Trinajstić information content (AvgIpc) is 2.55. The van der Waals surface area contributed by atoms with Crippen molar-refractivity contribution >= 4 is 42.1 Å². The first-order valence-corrected chi connectivity index (χ1v) is 4.33. The van der Waals surface area contributed by atoms with E-state index in [1.807, 2.05) is 5.38 Å². The molecule has 7 heteroatoms. The van der Waals surface area contributed by atoms with Crippen LogP contribution < -0.4 is 5.73 Å². The molecule has 0 aliphatic carbocycles. The number of thiazole rings is 1. The molecule has 0 fully saturated rings. The maximum Gasteiger partial charge on any atom is 0.323 e. The summed E-state index contributed by atoms with van der Waals surface area (Å²) in [5, 5.41) is 2.70. The van der Waals surface area contributed by atoms with E-state index in [1.165, 1.54) is 18.4 Å². The second-order valence-electron chi connectivity index (χ2n) is 2.26. The Kier molecular flexibility index (Phi) is 9.18. The first-order valence-electron chi connectivity index (χ1n) is 3.46. The van der Waals surface area contributed by atoms with Gasteiger partial charge in [-0.25, -0.2) is 4.98 Å². The Balaban J connectivity index is 0. The zero-order valence-corrected chi connectivity index (χ0v) is 9.95. The van der Waals surface area contributed by atoms with Gasteiger partial charge in [-0.2, -0.15) is 0 Å². The molecule has 0 unspecified atom stereocenters. The highest BCUT2D eigenvalue weighted by Crippen LogP contribution is 2.06. The third-order valence-corrected chi connectivity index (χ3v) is 2.18. The van der Waals surface area contributed by atoms with E-state index in [0.29, 0.717) is 6.42 Å². The number of hydrogen-bond acceptors (Lipinski definition) is 5. The molecule has 0 amide bonds. The van der Waals surface area contributed by atoms with Crippen LogP contribution in [0.5, 0.6) is 0 Å². The van der Waals surface area contributed by atoms with Crippen LogP contribution in [0.15, 0.2) is 11.6 Å². The zero-order valence-electron chi connectivity index (χ0n) is 7.50. The molecule has 0 bridgehead atoms. The molecule has 1 heterocycles. The highest BCUT2D eigenvalue weighted by molar-refractivity contribution is 7.09. The van der Waals surface area contributed by atoms with Crippen LogP contribution in [0.1, 0.15) is 5.01 Å². The van der Waals surface area contributed by atoms with Gasteiger partial charge >= 0.3 is 5.97 Å². The van der Waals surface area contributed by atoms with Gasteiger partial charge in [-0.3, -0.25) is 4.79 Å². The molecule has 14 heavy (non-hydrogen) atoms. The predicted octanol–water partition coefficient (Wildman–Crippen LogP) is 1.03. The van der Waals surface area contributed by atoms with Crippen molar-refractivity contribution in [2.45, 2.75) is 12.5 Å². The summed E-state index contributed by atoms with van der Waals surface area (Å²) in [4.78, 5) is 14.9. The highest BCUT2D eigenvalue weighted by Gasteiger charge is 2.14. The lowest BCUT2D eigenvalue weighted by molar-refractivity contribution is -0.142. The summed E-state index contributed by atoms with van der Waals surface area (Å²) < 4.78 is 4.47. The van der Waals surface area contributed by atoms with Gasteiger partial charge in [0.1, 0.15) is 6.04 Å². The number of halogens is 2. The van der Waals surface area contributed by atoms with Crippen LogP contribution in [0.2, 0.25) is 0 Å². The Morgan fingerprint density at radius 3 is 2.79 bits per heavy atom. The van der Waals surface area contributed by atoms with E-state index in [-0.39, 0.29) is 24.8 Å². The van der Waals surface area contributed by atoms with E-state index in [0.717, 1.165) is 5.01 Å². The van der Waals surface area contributed by atoms with Crippen LogP contribution in [0.4, 0.5) is 0 Å². The fourth-order valence-electron chi connectivity index (χ4n) is 0.777. The lowest BCUT2D eigenvalue weighted by Gasteiger charge is -2.05. The molecule has 1 aromatic rings. The first-order chi connectivity index (χ1) is 5.74. The number of nitrogens with two attached hydrogens (primary N) is 1. The van der Waals surface area contributed by atoms with Crippen molar-refractivity contribution in [2.75, 3.05) is 7.11 Å². The molecule has 4 nitrogen and oxygen atoms in total. The molecule has 0 saturated heterocycles. The molecule has 0 radical (unpaired) electrons. The van der Waals surface area contributed by atoms with E-state index in [2.05, 4.69) is 9.72 Å². The quantitative estimate of drug-likeness (QED) is 0.823. The molecule has 0 aliphatic rings. The molecule has 1 atom stereocenters. The molecule has 1 rings (SSSR count). The van der Waals surface area contributed by atoms with Gasteiger partial charge in [-0.15, -0.1) is 36.2 Å². The molecule has 82 valence electrons. The Morgan fingerprint density at radius 2 is 2.36 bits per heavy atom. The van der Waals surface area contributed by atoms with Crippen LogP contribution >= 0.6 is 36.2 Å². The van der Waals surface area contributed by atoms with Crippen molar-refractivity contribution in [1.29, 1.82) is 0 Å². The van der Waals surface area contributed by atoms with E-state index in [9.17, 15) is 4.79 Å². The van der Waals surface area contributed by atoms with E-state index < -0.39 is 12.0 Å². The molecule has 2 N–H and O–H groups in total. The molecule has 0 aliphatic heterocycles. The number of aromatic nitrogens is 1. The predicted molar refractivity (Wildman–Crippen MR) is 60.3 cm³/mol. The van der Waals surface area contributed by atoms with E-state index in [1.54, 1.807) is 6.20 Å². The second-order valence-corrected chi connectivity index (χ2v) is 3.24. The van der Waals surface area contributed by atoms with Gasteiger partial charge in [0.15, 0.2) is 0 Å². The van der Waals surface area contributed by atoms with Crippen LogP contribution in [0.25, 0.3) is 0 Å². The van der Waals surface area contributed by atoms with Crippen molar-refractivity contribution in [1.82, 2.24) is 4.98 Å². The maximum atomic E-state index is 10.9. The maximum absolute atomic E-state index is 10.9. The monoisotopic (exact) mass is 258 g/mol. The lowest BCUT2D eigenvalue weighted by Crippen LogP contribution is -2.33. The van der Waals surface area contributed by atoms with E-state index >= 15 is 0 Å². The molecule has 0 spiro atoms. The van der Waals surface area contributed by atoms with Gasteiger partial charge in [0, 0.05) is 18.0 Å². The van der Waals surface area contributed by atoms with Crippen molar-refractivity contribution in [3.05, 3.63) is 16.6 Å². The summed E-state index contributed by atoms with van der Waals surface area (Å²) in [6.07, 6.45) is 2.13. The van der Waals surface area contributed by atoms with Gasteiger partial charge in [0.2, 0.25) is 0 Å². The summed E-state index contributed by atoms with van der Waals surface area (Å²) >= 11 is 1.48. The fourth-order valence-corrected chi connectivity index (χ4v) is 1.45. The minimum absolute atomic E-state index is 0. The highest BCUT2D eigenvalue weighted by atomic mass is 35.5. The Labute approximate surface area is 98.7 Å². The zero-order chi connectivity index (χ0) is 8.97. The van der Waals surface area contributed by atoms with Gasteiger partial charge in [0.25, 0.3) is 0 Å². The van der Waals surface area contributed by atoms with Crippen molar-refractivity contribution in [3.8, 4) is 0 Å². The SMILES string of the molecule is COC(=O)[C@@H](N)Cc1nccs1.Cl.Cl. The largest absolute Gasteiger partial charge is 0.468 e. The van der Waals surface area contributed by atoms with Gasteiger partial charge in [-0.05, 0) is 0 Å². The number of hydrogen-bond donors (Lipinski definition) is 1. The van der Waals surface area contributed by atoms with Crippen LogP contribution in [-0.2, 0) is 16.0 Å². The van der Waals surface area contributed by atoms with Crippen LogP contribution in [-0.4, -0.2) is 24.1 Å². The Hall–Kier alpha value is -0.360. The number of methoxy groups -OCH3 is 1. The number of carbonyl (C=O) groups is 1. The summed E-state index contributed by atoms with van der Waals surface area (Å²) in [7, 11) is 1.32. The van der Waals surface area contributed by atoms with Crippen molar-refractivity contribution < 1.29 is 9.53 Å². The molecular formula is C7H12Cl2N2O2S. The lowest BCUT2D eigenvalue weighted by atomic mass is 10.2. The standard InChI is InChI=1S/C7H10N2O2S.2ClH/c1-11-7(10)5(8)4-6-9-2-3-12-6;;/h2-3,5H,4,8H2,1H3;2*1H/t5-;;/m0../s1. The van der Waals surface area contributed by atoms with Crippen LogP contribution in [0, 0.1) is 0 Å². The third-order valence-electron chi connectivity index (χ3n) is 1.38. The number of esters is 1. The molecule has 1 aromatic heterocycles. The smallest absolute Gasteiger partial charge is 0.323 e. The third kappa shape index (κ3) is 4.76. The van der Waals surface area contributed by atoms with Gasteiger partial charge < -0.3 is 10.5 Å². The Bertz CT molecular complexity index is 256. The van der Waals surface area contributed by atoms with E-state index in [4.69, 9.17) is 5.73 Å². The van der Waals surface area contributed by atoms with Gasteiger partial charge in [0.05, 0.1) is 12.1 Å². The Morgan fingerprint density at radius 1 is 1.71 bits per heavy atom. The fraction of sp³-hybridized carbons (Fsp3) is 0.429. The summed E-state index contributed by atoms with van der Waals surface area (Å²) in [6, 6.07) is -0.596. The normalized spacial score (nSPS) is 10.7. The second kappa shape index (κ2) is 7.99. The summed E-state index contributed by atoms with van der Waals surface area (Å²) in [5.41, 5.74) is 5.51. The summed E-state index contributed by atoms with van der Waals surface area (Å²) in [5.74, 6) is -0.398. The van der Waals surface area contributed by atoms with Gasteiger partial charge in [-0.1, -0.05) is 0 Å². The first kappa shape index (κ1) is 16.1. The van der Waals surface area contributed by atoms with Crippen molar-refractivity contribution in [3.63, 3.8) is 0 Å². The van der Waals surface area contributed by atoms with Crippen LogP contribution in [0.3, 0.4) is 0 Å². The van der Waals surface area contributed by atoms with Crippen molar-refractivity contribution in [2.24, 2.45) is 5.73 Å². The number of rotatable bonds is 3. The molecular weight excluding hydrogens is 247 g/mol. The molecule has 0 aromatic carbocycles. The average molecular weight is 259 g/mol. The molecule has 0 saturated carbocycles. The minimum Gasteiger partial charge on any atom is -0.468 e. The minimum atomic E-state index is -0.596. The topological polar surface area (TPSA) is 65.2 Å². The number of nitrogens with zero attached hydrogens (tertiary/aromatic N) is 1. The number of carbonyl (C=O) groups excluding carboxylic acids is 1. The number of ether oxygens (including phenoxy) is 1.